The van der Waals surface area contributed by atoms with Crippen LogP contribution in [0.4, 0.5) is 11.5 Å². The van der Waals surface area contributed by atoms with Crippen LogP contribution in [0.2, 0.25) is 0 Å². The molecule has 0 fully saturated rings. The van der Waals surface area contributed by atoms with E-state index in [1.165, 1.54) is 11.1 Å². The highest BCUT2D eigenvalue weighted by Gasteiger charge is 2.27. The van der Waals surface area contributed by atoms with Crippen molar-refractivity contribution in [3.8, 4) is 6.07 Å². The Labute approximate surface area is 171 Å². The molecule has 0 spiro atoms. The van der Waals surface area contributed by atoms with E-state index in [1.54, 1.807) is 0 Å². The molecule has 146 valence electrons. The van der Waals surface area contributed by atoms with Gasteiger partial charge in [0.25, 0.3) is 0 Å². The average molecular weight is 383 g/mol. The summed E-state index contributed by atoms with van der Waals surface area (Å²) in [4.78, 5) is 4.48. The number of fused-ring (bicyclic) bond motifs is 1. The van der Waals surface area contributed by atoms with Crippen molar-refractivity contribution in [3.05, 3.63) is 89.6 Å². The molecule has 0 unspecified atom stereocenters. The zero-order chi connectivity index (χ0) is 20.1. The van der Waals surface area contributed by atoms with Crippen LogP contribution in [0, 0.1) is 11.3 Å². The van der Waals surface area contributed by atoms with Crippen molar-refractivity contribution in [1.82, 2.24) is 10.3 Å². The summed E-state index contributed by atoms with van der Waals surface area (Å²) in [6.45, 7) is 3.86. The number of anilines is 2. The van der Waals surface area contributed by atoms with Crippen molar-refractivity contribution >= 4 is 11.5 Å². The fourth-order valence-corrected chi connectivity index (χ4v) is 3.77. The third-order valence-electron chi connectivity index (χ3n) is 5.46. The van der Waals surface area contributed by atoms with E-state index in [0.29, 0.717) is 11.5 Å². The first-order valence-corrected chi connectivity index (χ1v) is 9.98. The lowest BCUT2D eigenvalue weighted by Gasteiger charge is -2.35. The molecule has 0 saturated carbocycles. The first-order valence-electron chi connectivity index (χ1n) is 9.98. The van der Waals surface area contributed by atoms with Gasteiger partial charge in [0, 0.05) is 19.3 Å². The van der Waals surface area contributed by atoms with E-state index < -0.39 is 0 Å². The fourth-order valence-electron chi connectivity index (χ4n) is 3.77. The predicted octanol–water partition coefficient (Wildman–Crippen LogP) is 4.29. The highest BCUT2D eigenvalue weighted by molar-refractivity contribution is 5.67. The third kappa shape index (κ3) is 4.39. The number of benzene rings is 2. The van der Waals surface area contributed by atoms with Crippen molar-refractivity contribution in [1.29, 1.82) is 5.26 Å². The summed E-state index contributed by atoms with van der Waals surface area (Å²) < 4.78 is 0. The first-order chi connectivity index (χ1) is 14.2. The Morgan fingerprint density at radius 3 is 2.62 bits per heavy atom. The molecule has 4 rings (SSSR count). The van der Waals surface area contributed by atoms with Gasteiger partial charge in [-0.05, 0) is 41.3 Å². The van der Waals surface area contributed by atoms with E-state index in [-0.39, 0.29) is 12.1 Å². The van der Waals surface area contributed by atoms with Gasteiger partial charge in [-0.3, -0.25) is 0 Å². The van der Waals surface area contributed by atoms with Gasteiger partial charge in [0.1, 0.15) is 5.82 Å². The van der Waals surface area contributed by atoms with Gasteiger partial charge in [-0.25, -0.2) is 4.98 Å². The summed E-state index contributed by atoms with van der Waals surface area (Å²) in [5.41, 5.74) is 4.21. The second-order valence-electron chi connectivity index (χ2n) is 7.46. The number of nitrogens with zero attached hydrogens (tertiary/aromatic N) is 2. The predicted molar refractivity (Wildman–Crippen MR) is 117 cm³/mol. The van der Waals surface area contributed by atoms with Crippen molar-refractivity contribution in [2.45, 2.75) is 24.9 Å². The molecule has 0 aliphatic carbocycles. The monoisotopic (exact) mass is 383 g/mol. The number of pyridine rings is 1. The van der Waals surface area contributed by atoms with E-state index in [9.17, 15) is 0 Å². The van der Waals surface area contributed by atoms with Crippen LogP contribution in [0.25, 0.3) is 0 Å². The van der Waals surface area contributed by atoms with Gasteiger partial charge in [0.15, 0.2) is 0 Å². The maximum atomic E-state index is 9.00. The summed E-state index contributed by atoms with van der Waals surface area (Å²) >= 11 is 0. The molecule has 29 heavy (non-hydrogen) atoms. The summed E-state index contributed by atoms with van der Waals surface area (Å²) in [7, 11) is 0. The molecule has 1 aliphatic rings. The summed E-state index contributed by atoms with van der Waals surface area (Å²) in [5, 5.41) is 19.9. The number of hydrogen-bond donors (Lipinski definition) is 3. The second-order valence-corrected chi connectivity index (χ2v) is 7.46. The van der Waals surface area contributed by atoms with Gasteiger partial charge in [0.2, 0.25) is 0 Å². The van der Waals surface area contributed by atoms with Gasteiger partial charge in [-0.15, -0.1) is 0 Å². The molecule has 2 heterocycles. The van der Waals surface area contributed by atoms with Gasteiger partial charge in [0.05, 0.1) is 29.4 Å². The van der Waals surface area contributed by atoms with E-state index in [0.717, 1.165) is 24.6 Å². The highest BCUT2D eigenvalue weighted by Crippen LogP contribution is 2.29. The lowest BCUT2D eigenvalue weighted by Crippen LogP contribution is -2.45. The van der Waals surface area contributed by atoms with Gasteiger partial charge in [-0.2, -0.15) is 5.26 Å². The SMILES string of the molecule is C[C@H](CN[C@@H](c1ccccc1)[C@@H]1CNc2cccnc2N1)c1ccc(C#N)cc1. The quantitative estimate of drug-likeness (QED) is 0.592. The average Bonchev–Trinajstić information content (AvgIpc) is 2.79. The van der Waals surface area contributed by atoms with Crippen molar-refractivity contribution in [2.24, 2.45) is 0 Å². The standard InChI is InChI=1S/C24H25N5/c1-17(19-11-9-18(14-25)10-12-19)15-28-23(20-6-3-2-4-7-20)22-16-27-21-8-5-13-26-24(21)29-22/h2-13,17,22-23,27-28H,15-16H2,1H3,(H,26,29)/t17-,22+,23+/m1/s1. The number of aromatic nitrogens is 1. The van der Waals surface area contributed by atoms with Crippen molar-refractivity contribution in [2.75, 3.05) is 23.7 Å². The maximum Gasteiger partial charge on any atom is 0.149 e. The molecule has 3 N–H and O–H groups in total. The minimum atomic E-state index is 0.139. The molecule has 1 aromatic heterocycles. The van der Waals surface area contributed by atoms with Crippen LogP contribution in [0.3, 0.4) is 0 Å². The molecular weight excluding hydrogens is 358 g/mol. The minimum Gasteiger partial charge on any atom is -0.380 e. The lowest BCUT2D eigenvalue weighted by molar-refractivity contribution is 0.453. The molecule has 5 heteroatoms. The van der Waals surface area contributed by atoms with Crippen LogP contribution in [0.15, 0.2) is 72.9 Å². The van der Waals surface area contributed by atoms with Crippen molar-refractivity contribution in [3.63, 3.8) is 0 Å². The van der Waals surface area contributed by atoms with Crippen LogP contribution in [-0.2, 0) is 0 Å². The first kappa shape index (κ1) is 19.0. The normalized spacial score (nSPS) is 17.2. The Bertz CT molecular complexity index is 978. The minimum absolute atomic E-state index is 0.139. The number of rotatable bonds is 6. The summed E-state index contributed by atoms with van der Waals surface area (Å²) in [5.74, 6) is 1.22. The summed E-state index contributed by atoms with van der Waals surface area (Å²) in [6, 6.07) is 24.9. The Hall–Kier alpha value is -3.36. The van der Waals surface area contributed by atoms with E-state index >= 15 is 0 Å². The third-order valence-corrected chi connectivity index (χ3v) is 5.46. The molecule has 0 saturated heterocycles. The summed E-state index contributed by atoms with van der Waals surface area (Å²) in [6.07, 6.45) is 1.81. The van der Waals surface area contributed by atoms with Gasteiger partial charge < -0.3 is 16.0 Å². The Balaban J connectivity index is 1.50. The maximum absolute atomic E-state index is 9.00. The largest absolute Gasteiger partial charge is 0.380 e. The smallest absolute Gasteiger partial charge is 0.149 e. The van der Waals surface area contributed by atoms with Crippen LogP contribution < -0.4 is 16.0 Å². The van der Waals surface area contributed by atoms with Crippen LogP contribution in [0.1, 0.15) is 35.6 Å². The van der Waals surface area contributed by atoms with Gasteiger partial charge in [-0.1, -0.05) is 49.4 Å². The van der Waals surface area contributed by atoms with Crippen LogP contribution in [0.5, 0.6) is 0 Å². The number of hydrogen-bond acceptors (Lipinski definition) is 5. The van der Waals surface area contributed by atoms with E-state index in [2.05, 4.69) is 58.2 Å². The van der Waals surface area contributed by atoms with Gasteiger partial charge >= 0.3 is 0 Å². The molecular formula is C24H25N5. The fraction of sp³-hybridized carbons (Fsp3) is 0.250. The Kier molecular flexibility index (Phi) is 5.73. The molecule has 0 amide bonds. The molecule has 0 radical (unpaired) electrons. The van der Waals surface area contributed by atoms with Crippen molar-refractivity contribution < 1.29 is 0 Å². The van der Waals surface area contributed by atoms with E-state index in [1.807, 2.05) is 48.7 Å². The molecule has 3 aromatic rings. The topological polar surface area (TPSA) is 72.8 Å². The highest BCUT2D eigenvalue weighted by atomic mass is 15.2. The molecule has 3 atom stereocenters. The zero-order valence-corrected chi connectivity index (χ0v) is 16.5. The molecule has 5 nitrogen and oxygen atoms in total. The molecule has 0 bridgehead atoms. The Morgan fingerprint density at radius 1 is 1.07 bits per heavy atom. The molecule has 1 aliphatic heterocycles. The number of nitriles is 1. The van der Waals surface area contributed by atoms with Crippen LogP contribution >= 0.6 is 0 Å². The van der Waals surface area contributed by atoms with Crippen LogP contribution in [-0.4, -0.2) is 24.1 Å². The lowest BCUT2D eigenvalue weighted by atomic mass is 9.95. The molecule has 2 aromatic carbocycles. The Morgan fingerprint density at radius 2 is 1.86 bits per heavy atom. The second kappa shape index (κ2) is 8.76. The zero-order valence-electron chi connectivity index (χ0n) is 16.5. The number of nitrogens with one attached hydrogen (secondary N) is 3. The van der Waals surface area contributed by atoms with E-state index in [4.69, 9.17) is 5.26 Å².